The maximum absolute atomic E-state index is 12.5. The molecule has 0 spiro atoms. The fourth-order valence-corrected chi connectivity index (χ4v) is 3.72. The molecule has 2 aromatic rings. The monoisotopic (exact) mass is 455 g/mol. The molecule has 2 N–H and O–H groups in total. The number of hydrazone groups is 1. The van der Waals surface area contributed by atoms with Gasteiger partial charge in [-0.1, -0.05) is 23.7 Å². The number of hydrogen-bond acceptors (Lipinski definition) is 5. The lowest BCUT2D eigenvalue weighted by Crippen LogP contribution is -2.34. The average molecular weight is 456 g/mol. The summed E-state index contributed by atoms with van der Waals surface area (Å²) in [6.07, 6.45) is 0.882. The highest BCUT2D eigenvalue weighted by molar-refractivity contribution is 7.91. The molecule has 0 bridgehead atoms. The zero-order valence-corrected chi connectivity index (χ0v) is 16.7. The van der Waals surface area contributed by atoms with Crippen LogP contribution in [0.25, 0.3) is 0 Å². The van der Waals surface area contributed by atoms with Crippen molar-refractivity contribution in [1.82, 2.24) is 0 Å². The van der Waals surface area contributed by atoms with Gasteiger partial charge in [-0.05, 0) is 42.0 Å². The molecular formula is C16H15ClF3N2O4S2+. The van der Waals surface area contributed by atoms with Gasteiger partial charge in [-0.3, -0.25) is 0 Å². The predicted molar refractivity (Wildman–Crippen MR) is 99.1 cm³/mol. The molecule has 0 aliphatic heterocycles. The van der Waals surface area contributed by atoms with Gasteiger partial charge in [0.15, 0.2) is 0 Å². The van der Waals surface area contributed by atoms with E-state index in [0.717, 1.165) is 18.4 Å². The quantitative estimate of drug-likeness (QED) is 0.323. The second-order valence-corrected chi connectivity index (χ2v) is 10.1. The fourth-order valence-electron chi connectivity index (χ4n) is 2.25. The standard InChI is InChI=1S/C16H15ClF3N2O4S2/c1-27(23,24)22(21)15(13-6-8-14(17)9-7-13)12-4-2-11(3-5-12)10-28(25,26)16(18,19)20/h2-9H,10,21H2,1H3/q+1. The predicted octanol–water partition coefficient (Wildman–Crippen LogP) is 2.46. The summed E-state index contributed by atoms with van der Waals surface area (Å²) in [5.74, 6) is 4.49. The van der Waals surface area contributed by atoms with Gasteiger partial charge in [-0.25, -0.2) is 8.42 Å². The molecule has 6 nitrogen and oxygen atoms in total. The molecular weight excluding hydrogens is 441 g/mol. The number of halogens is 4. The number of hydrogen-bond donors (Lipinski definition) is 1. The van der Waals surface area contributed by atoms with E-state index < -0.39 is 31.1 Å². The van der Waals surface area contributed by atoms with Crippen LogP contribution in [-0.2, 0) is 25.6 Å². The van der Waals surface area contributed by atoms with Crippen LogP contribution in [0.3, 0.4) is 0 Å². The molecule has 0 aliphatic rings. The molecule has 0 amide bonds. The summed E-state index contributed by atoms with van der Waals surface area (Å²) in [5, 5.41) is 0.402. The Hall–Kier alpha value is -2.11. The van der Waals surface area contributed by atoms with Crippen molar-refractivity contribution in [3.63, 3.8) is 0 Å². The second-order valence-electron chi connectivity index (χ2n) is 5.82. The van der Waals surface area contributed by atoms with Crippen molar-refractivity contribution in [2.45, 2.75) is 11.3 Å². The van der Waals surface area contributed by atoms with Crippen LogP contribution in [0.15, 0.2) is 48.5 Å². The summed E-state index contributed by atoms with van der Waals surface area (Å²) in [6.45, 7) is 0. The van der Waals surface area contributed by atoms with Gasteiger partial charge < -0.3 is 0 Å². The van der Waals surface area contributed by atoms with Crippen molar-refractivity contribution in [2.75, 3.05) is 6.26 Å². The smallest absolute Gasteiger partial charge is 0.219 e. The lowest BCUT2D eigenvalue weighted by Gasteiger charge is -2.09. The Bertz CT molecular complexity index is 1110. The van der Waals surface area contributed by atoms with E-state index in [9.17, 15) is 30.0 Å². The van der Waals surface area contributed by atoms with Gasteiger partial charge in [-0.15, -0.1) is 0 Å². The van der Waals surface area contributed by atoms with Gasteiger partial charge in [0.25, 0.3) is 15.5 Å². The third-order valence-corrected chi connectivity index (χ3v) is 6.20. The molecule has 0 atom stereocenters. The maximum Gasteiger partial charge on any atom is 0.497 e. The van der Waals surface area contributed by atoms with Crippen molar-refractivity contribution < 1.29 is 34.1 Å². The summed E-state index contributed by atoms with van der Waals surface area (Å²) in [7, 11) is -9.20. The first-order chi connectivity index (χ1) is 12.7. The molecule has 152 valence electrons. The lowest BCUT2D eigenvalue weighted by molar-refractivity contribution is -0.375. The number of sulfonamides is 1. The Morgan fingerprint density at radius 3 is 1.79 bits per heavy atom. The minimum absolute atomic E-state index is 0.0457. The summed E-state index contributed by atoms with van der Waals surface area (Å²) < 4.78 is 84.5. The first kappa shape index (κ1) is 22.2. The molecule has 0 heterocycles. The number of alkyl halides is 3. The van der Waals surface area contributed by atoms with E-state index in [4.69, 9.17) is 17.4 Å². The van der Waals surface area contributed by atoms with Crippen LogP contribution in [0.4, 0.5) is 13.2 Å². The van der Waals surface area contributed by atoms with Crippen LogP contribution in [-0.4, -0.2) is 38.4 Å². The highest BCUT2D eigenvalue weighted by atomic mass is 35.5. The van der Waals surface area contributed by atoms with Crippen LogP contribution in [0, 0.1) is 0 Å². The van der Waals surface area contributed by atoms with Crippen LogP contribution >= 0.6 is 11.6 Å². The van der Waals surface area contributed by atoms with E-state index in [1.807, 2.05) is 0 Å². The largest absolute Gasteiger partial charge is 0.497 e. The van der Waals surface area contributed by atoms with Crippen molar-refractivity contribution in [3.05, 3.63) is 70.2 Å². The molecule has 0 fully saturated rings. The molecule has 2 aromatic carbocycles. The Morgan fingerprint density at radius 2 is 1.39 bits per heavy atom. The molecule has 0 saturated heterocycles. The highest BCUT2D eigenvalue weighted by Crippen LogP contribution is 2.27. The molecule has 2 rings (SSSR count). The van der Waals surface area contributed by atoms with Gasteiger partial charge >= 0.3 is 15.5 Å². The first-order valence-electron chi connectivity index (χ1n) is 7.48. The topological polar surface area (TPSA) is 97.3 Å². The lowest BCUT2D eigenvalue weighted by atomic mass is 10.0. The number of rotatable bonds is 5. The van der Waals surface area contributed by atoms with Crippen LogP contribution in [0.5, 0.6) is 0 Å². The molecule has 28 heavy (non-hydrogen) atoms. The third-order valence-electron chi connectivity index (χ3n) is 3.63. The normalized spacial score (nSPS) is 13.9. The first-order valence-corrected chi connectivity index (χ1v) is 11.4. The summed E-state index contributed by atoms with van der Waals surface area (Å²) in [4.78, 5) is 0. The van der Waals surface area contributed by atoms with E-state index in [2.05, 4.69) is 0 Å². The van der Waals surface area contributed by atoms with E-state index in [-0.39, 0.29) is 16.8 Å². The number of hydrazine groups is 1. The van der Waals surface area contributed by atoms with E-state index >= 15 is 0 Å². The van der Waals surface area contributed by atoms with Gasteiger partial charge in [0.05, 0.1) is 16.9 Å². The van der Waals surface area contributed by atoms with Crippen molar-refractivity contribution in [3.8, 4) is 0 Å². The van der Waals surface area contributed by atoms with Crippen molar-refractivity contribution >= 4 is 37.2 Å². The molecule has 0 radical (unpaired) electrons. The number of nitrogens with zero attached hydrogens (tertiary/aromatic N) is 1. The average Bonchev–Trinajstić information content (AvgIpc) is 2.56. The van der Waals surface area contributed by atoms with Crippen LogP contribution in [0.2, 0.25) is 5.02 Å². The summed E-state index contributed by atoms with van der Waals surface area (Å²) >= 11 is 5.83. The zero-order valence-electron chi connectivity index (χ0n) is 14.3. The molecule has 0 aliphatic carbocycles. The minimum atomic E-state index is -5.36. The Morgan fingerprint density at radius 1 is 0.964 bits per heavy atom. The molecule has 12 heteroatoms. The fraction of sp³-hybridized carbons (Fsp3) is 0.188. The van der Waals surface area contributed by atoms with Crippen LogP contribution < -0.4 is 5.84 Å². The summed E-state index contributed by atoms with van der Waals surface area (Å²) in [5.41, 5.74) is -4.79. The van der Waals surface area contributed by atoms with E-state index in [1.165, 1.54) is 36.4 Å². The Labute approximate surface area is 165 Å². The van der Waals surface area contributed by atoms with Gasteiger partial charge in [-0.2, -0.15) is 27.4 Å². The van der Waals surface area contributed by atoms with Crippen molar-refractivity contribution in [1.29, 1.82) is 0 Å². The third kappa shape index (κ3) is 5.03. The SMILES string of the molecule is CS(=O)(=O)[N+](N)=C(c1ccc(Cl)cc1)c1ccc(CS(=O)(=O)C(F)(F)F)cc1. The number of benzene rings is 2. The molecule has 0 aromatic heterocycles. The second kappa shape index (κ2) is 7.72. The van der Waals surface area contributed by atoms with E-state index in [1.54, 1.807) is 0 Å². The number of nitrogens with two attached hydrogens (primary N) is 1. The highest BCUT2D eigenvalue weighted by Gasteiger charge is 2.45. The van der Waals surface area contributed by atoms with Gasteiger partial charge in [0.1, 0.15) is 6.26 Å². The van der Waals surface area contributed by atoms with E-state index in [0.29, 0.717) is 14.7 Å². The van der Waals surface area contributed by atoms with Crippen LogP contribution in [0.1, 0.15) is 16.7 Å². The Kier molecular flexibility index (Phi) is 6.12. The van der Waals surface area contributed by atoms with Crippen molar-refractivity contribution in [2.24, 2.45) is 5.84 Å². The Balaban J connectivity index is 2.53. The molecule has 0 unspecified atom stereocenters. The molecule has 0 saturated carbocycles. The minimum Gasteiger partial charge on any atom is -0.219 e. The zero-order chi connectivity index (χ0) is 21.3. The maximum atomic E-state index is 12.5. The summed E-state index contributed by atoms with van der Waals surface area (Å²) in [6, 6.07) is 11.0. The van der Waals surface area contributed by atoms with Gasteiger partial charge in [0, 0.05) is 9.11 Å². The van der Waals surface area contributed by atoms with Gasteiger partial charge in [0.2, 0.25) is 0 Å². The number of sulfone groups is 1.